The number of hydrogen-bond acceptors (Lipinski definition) is 2. The fourth-order valence-electron chi connectivity index (χ4n) is 3.46. The zero-order chi connectivity index (χ0) is 18.7. The molecule has 0 saturated carbocycles. The largest absolute Gasteiger partial charge is 0.351 e. The summed E-state index contributed by atoms with van der Waals surface area (Å²) in [5.74, 6) is 0.0486. The molecule has 0 aromatic heterocycles. The molecule has 3 nitrogen and oxygen atoms in total. The quantitative estimate of drug-likeness (QED) is 0.610. The molecule has 2 aromatic rings. The third-order valence-corrected chi connectivity index (χ3v) is 5.16. The van der Waals surface area contributed by atoms with Gasteiger partial charge in [-0.25, -0.2) is 0 Å². The third-order valence-electron chi connectivity index (χ3n) is 4.82. The molecule has 0 aliphatic carbocycles. The Morgan fingerprint density at radius 2 is 1.73 bits per heavy atom. The minimum Gasteiger partial charge on any atom is -0.351 e. The van der Waals surface area contributed by atoms with Gasteiger partial charge in [-0.05, 0) is 43.6 Å². The molecule has 2 aromatic carbocycles. The van der Waals surface area contributed by atoms with Crippen molar-refractivity contribution in [2.24, 2.45) is 0 Å². The fourth-order valence-corrected chi connectivity index (χ4v) is 3.80. The number of allylic oxidation sites excluding steroid dienone is 1. The second-order valence-electron chi connectivity index (χ2n) is 6.58. The summed E-state index contributed by atoms with van der Waals surface area (Å²) in [6.07, 6.45) is 0.959. The zero-order valence-electron chi connectivity index (χ0n) is 15.5. The van der Waals surface area contributed by atoms with Crippen LogP contribution < -0.4 is 5.32 Å². The van der Waals surface area contributed by atoms with E-state index in [0.717, 1.165) is 35.4 Å². The number of ketones is 1. The molecule has 3 rings (SSSR count). The van der Waals surface area contributed by atoms with Gasteiger partial charge in [-0.2, -0.15) is 0 Å². The van der Waals surface area contributed by atoms with E-state index >= 15 is 0 Å². The van der Waals surface area contributed by atoms with Crippen LogP contribution in [0.5, 0.6) is 0 Å². The maximum Gasteiger partial charge on any atom is 0.193 e. The van der Waals surface area contributed by atoms with Crippen molar-refractivity contribution in [2.45, 2.75) is 33.2 Å². The normalized spacial score (nSPS) is 17.3. The fraction of sp³-hybridized carbons (Fsp3) is 0.273. The van der Waals surface area contributed by atoms with Crippen LogP contribution in [0.1, 0.15) is 47.8 Å². The number of Topliss-reactive ketones (excluding diaryl/α,β-unsaturated/α-hetero) is 1. The highest BCUT2D eigenvalue weighted by molar-refractivity contribution is 7.80. The molecule has 1 N–H and O–H groups in total. The molecule has 1 atom stereocenters. The van der Waals surface area contributed by atoms with Gasteiger partial charge in [0.25, 0.3) is 0 Å². The first-order valence-corrected chi connectivity index (χ1v) is 9.39. The van der Waals surface area contributed by atoms with Gasteiger partial charge in [-0.3, -0.25) is 4.79 Å². The van der Waals surface area contributed by atoms with Crippen LogP contribution in [-0.2, 0) is 0 Å². The summed E-state index contributed by atoms with van der Waals surface area (Å²) in [5, 5.41) is 4.10. The lowest BCUT2D eigenvalue weighted by Crippen LogP contribution is -2.48. The highest BCUT2D eigenvalue weighted by Crippen LogP contribution is 2.34. The average molecular weight is 365 g/mol. The maximum absolute atomic E-state index is 13.4. The summed E-state index contributed by atoms with van der Waals surface area (Å²) >= 11 is 5.62. The summed E-state index contributed by atoms with van der Waals surface area (Å²) in [4.78, 5) is 15.4. The van der Waals surface area contributed by atoms with E-state index < -0.39 is 0 Å². The molecule has 134 valence electrons. The Morgan fingerprint density at radius 1 is 1.08 bits per heavy atom. The van der Waals surface area contributed by atoms with Gasteiger partial charge in [0.05, 0.1) is 6.04 Å². The molecule has 1 unspecified atom stereocenters. The molecule has 4 heteroatoms. The lowest BCUT2D eigenvalue weighted by molar-refractivity contribution is 0.102. The average Bonchev–Trinajstić information content (AvgIpc) is 2.65. The number of rotatable bonds is 5. The number of benzene rings is 2. The second-order valence-corrected chi connectivity index (χ2v) is 6.97. The Hall–Kier alpha value is -2.46. The van der Waals surface area contributed by atoms with Crippen LogP contribution in [0.3, 0.4) is 0 Å². The van der Waals surface area contributed by atoms with Gasteiger partial charge in [0.2, 0.25) is 0 Å². The van der Waals surface area contributed by atoms with E-state index in [1.165, 1.54) is 0 Å². The number of aryl methyl sites for hydroxylation is 1. The molecule has 0 bridgehead atoms. The smallest absolute Gasteiger partial charge is 0.193 e. The van der Waals surface area contributed by atoms with Gasteiger partial charge in [0, 0.05) is 23.4 Å². The molecule has 0 fully saturated rings. The van der Waals surface area contributed by atoms with Crippen LogP contribution in [-0.4, -0.2) is 22.3 Å². The lowest BCUT2D eigenvalue weighted by atomic mass is 9.87. The molecule has 1 aliphatic rings. The van der Waals surface area contributed by atoms with E-state index in [1.807, 2.05) is 54.3 Å². The first-order chi connectivity index (χ1) is 12.5. The van der Waals surface area contributed by atoms with Crippen LogP contribution >= 0.6 is 12.2 Å². The number of nitrogens with one attached hydrogen (secondary N) is 1. The van der Waals surface area contributed by atoms with Crippen molar-refractivity contribution in [2.75, 3.05) is 6.54 Å². The topological polar surface area (TPSA) is 32.3 Å². The number of carbonyl (C=O) groups is 1. The molecule has 0 radical (unpaired) electrons. The van der Waals surface area contributed by atoms with Crippen LogP contribution in [0.25, 0.3) is 0 Å². The highest BCUT2D eigenvalue weighted by atomic mass is 32.1. The predicted octanol–water partition coefficient (Wildman–Crippen LogP) is 4.79. The Kier molecular flexibility index (Phi) is 5.52. The van der Waals surface area contributed by atoms with Crippen molar-refractivity contribution in [3.63, 3.8) is 0 Å². The Bertz CT molecular complexity index is 857. The van der Waals surface area contributed by atoms with E-state index in [-0.39, 0.29) is 11.8 Å². The first kappa shape index (κ1) is 18.3. The molecule has 1 heterocycles. The molecule has 0 spiro atoms. The third kappa shape index (κ3) is 3.42. The molecule has 1 aliphatic heterocycles. The molecule has 0 saturated heterocycles. The molecular formula is C22H24N2OS. The van der Waals surface area contributed by atoms with Crippen molar-refractivity contribution in [3.8, 4) is 0 Å². The standard InChI is InChI=1S/C22H24N2OS/c1-4-14-24-16(3)19(21(25)17-11-6-5-7-12-17)20(23-22(24)26)18-13-9-8-10-15(18)2/h5-13,20H,4,14H2,1-3H3,(H,23,26). The summed E-state index contributed by atoms with van der Waals surface area (Å²) in [7, 11) is 0. The van der Waals surface area contributed by atoms with Gasteiger partial charge in [-0.1, -0.05) is 61.5 Å². The Balaban J connectivity index is 2.15. The number of thiocarbonyl (C=S) groups is 1. The van der Waals surface area contributed by atoms with E-state index in [0.29, 0.717) is 10.7 Å². The van der Waals surface area contributed by atoms with Gasteiger partial charge in [0.1, 0.15) is 0 Å². The van der Waals surface area contributed by atoms with Crippen LogP contribution in [0, 0.1) is 6.92 Å². The van der Waals surface area contributed by atoms with Gasteiger partial charge in [-0.15, -0.1) is 0 Å². The Morgan fingerprint density at radius 3 is 2.38 bits per heavy atom. The number of nitrogens with zero attached hydrogens (tertiary/aromatic N) is 1. The molecular weight excluding hydrogens is 340 g/mol. The van der Waals surface area contributed by atoms with Crippen LogP contribution in [0.2, 0.25) is 0 Å². The number of carbonyl (C=O) groups excluding carboxylic acids is 1. The van der Waals surface area contributed by atoms with Crippen LogP contribution in [0.15, 0.2) is 65.9 Å². The second kappa shape index (κ2) is 7.83. The van der Waals surface area contributed by atoms with Crippen LogP contribution in [0.4, 0.5) is 0 Å². The van der Waals surface area contributed by atoms with Crippen molar-refractivity contribution in [3.05, 3.63) is 82.6 Å². The zero-order valence-corrected chi connectivity index (χ0v) is 16.3. The summed E-state index contributed by atoms with van der Waals surface area (Å²) in [6.45, 7) is 6.98. The van der Waals surface area contributed by atoms with Crippen molar-refractivity contribution in [1.29, 1.82) is 0 Å². The van der Waals surface area contributed by atoms with Gasteiger partial charge < -0.3 is 10.2 Å². The van der Waals surface area contributed by atoms with Crippen molar-refractivity contribution in [1.82, 2.24) is 10.2 Å². The SMILES string of the molecule is CCCN1C(=S)NC(c2ccccc2C)C(C(=O)c2ccccc2)=C1C. The lowest BCUT2D eigenvalue weighted by Gasteiger charge is -2.38. The number of hydrogen-bond donors (Lipinski definition) is 1. The van der Waals surface area contributed by atoms with E-state index in [2.05, 4.69) is 31.3 Å². The van der Waals surface area contributed by atoms with E-state index in [1.54, 1.807) is 0 Å². The summed E-state index contributed by atoms with van der Waals surface area (Å²) < 4.78 is 0. The Labute approximate surface area is 160 Å². The van der Waals surface area contributed by atoms with Gasteiger partial charge >= 0.3 is 0 Å². The molecule has 0 amide bonds. The first-order valence-electron chi connectivity index (χ1n) is 8.98. The monoisotopic (exact) mass is 364 g/mol. The van der Waals surface area contributed by atoms with Crippen molar-refractivity contribution < 1.29 is 4.79 Å². The van der Waals surface area contributed by atoms with E-state index in [9.17, 15) is 4.79 Å². The molecule has 26 heavy (non-hydrogen) atoms. The predicted molar refractivity (Wildman–Crippen MR) is 110 cm³/mol. The minimum atomic E-state index is -0.232. The van der Waals surface area contributed by atoms with Gasteiger partial charge in [0.15, 0.2) is 10.9 Å². The summed E-state index contributed by atoms with van der Waals surface area (Å²) in [6, 6.07) is 17.4. The highest BCUT2D eigenvalue weighted by Gasteiger charge is 2.34. The summed E-state index contributed by atoms with van der Waals surface area (Å²) in [5.41, 5.74) is 4.64. The maximum atomic E-state index is 13.4. The minimum absolute atomic E-state index is 0.0486. The van der Waals surface area contributed by atoms with Crippen molar-refractivity contribution >= 4 is 23.1 Å². The van der Waals surface area contributed by atoms with E-state index in [4.69, 9.17) is 12.2 Å².